The number of rotatable bonds is 9. The Hall–Kier alpha value is -3.02. The monoisotopic (exact) mass is 439 g/mol. The fourth-order valence-corrected chi connectivity index (χ4v) is 3.64. The Balaban J connectivity index is 1.93. The van der Waals surface area contributed by atoms with Crippen molar-refractivity contribution >= 4 is 17.6 Å². The summed E-state index contributed by atoms with van der Waals surface area (Å²) in [6.45, 7) is 2.84. The Kier molecular flexibility index (Phi) is 7.55. The van der Waals surface area contributed by atoms with E-state index in [1.807, 2.05) is 55.5 Å². The third-order valence-corrected chi connectivity index (χ3v) is 5.34. The van der Waals surface area contributed by atoms with Crippen molar-refractivity contribution in [1.82, 2.24) is 4.90 Å². The van der Waals surface area contributed by atoms with Gasteiger partial charge in [0.1, 0.15) is 18.1 Å². The van der Waals surface area contributed by atoms with Crippen molar-refractivity contribution in [3.63, 3.8) is 0 Å². The molecule has 0 atom stereocenters. The minimum absolute atomic E-state index is 0.0313. The normalized spacial score (nSPS) is 10.9. The molecule has 31 heavy (non-hydrogen) atoms. The minimum atomic E-state index is -0.863. The van der Waals surface area contributed by atoms with E-state index in [1.165, 1.54) is 0 Å². The lowest BCUT2D eigenvalue weighted by molar-refractivity contribution is -0.138. The van der Waals surface area contributed by atoms with Crippen molar-refractivity contribution in [1.29, 1.82) is 0 Å². The van der Waals surface area contributed by atoms with E-state index in [2.05, 4.69) is 12.1 Å². The number of aryl methyl sites for hydroxylation is 1. The third kappa shape index (κ3) is 5.78. The maximum Gasteiger partial charge on any atom is 0.317 e. The van der Waals surface area contributed by atoms with E-state index in [0.717, 1.165) is 33.6 Å². The predicted molar refractivity (Wildman–Crippen MR) is 124 cm³/mol. The van der Waals surface area contributed by atoms with Crippen LogP contribution in [0.2, 0.25) is 5.02 Å². The van der Waals surface area contributed by atoms with Gasteiger partial charge in [0.2, 0.25) is 0 Å². The van der Waals surface area contributed by atoms with Gasteiger partial charge in [0.25, 0.3) is 0 Å². The third-order valence-electron chi connectivity index (χ3n) is 5.01. The summed E-state index contributed by atoms with van der Waals surface area (Å²) in [5.41, 5.74) is 4.93. The predicted octanol–water partition coefficient (Wildman–Crippen LogP) is 5.39. The number of carboxylic acid groups (broad SMARTS) is 1. The number of benzene rings is 3. The number of methoxy groups -OCH3 is 1. The molecule has 3 aromatic rings. The van der Waals surface area contributed by atoms with Gasteiger partial charge in [-0.25, -0.2) is 0 Å². The number of carboxylic acids is 1. The van der Waals surface area contributed by atoms with Gasteiger partial charge in [-0.3, -0.25) is 9.69 Å². The number of hydrogen-bond donors (Lipinski definition) is 1. The second kappa shape index (κ2) is 10.3. The maximum absolute atomic E-state index is 10.9. The smallest absolute Gasteiger partial charge is 0.317 e. The van der Waals surface area contributed by atoms with Crippen LogP contribution in [0.15, 0.2) is 60.7 Å². The molecule has 0 heterocycles. The van der Waals surface area contributed by atoms with Gasteiger partial charge in [-0.05, 0) is 61.0 Å². The summed E-state index contributed by atoms with van der Waals surface area (Å²) in [6, 6.07) is 19.7. The number of halogens is 1. The van der Waals surface area contributed by atoms with E-state index >= 15 is 0 Å². The number of likely N-dealkylation sites (N-methyl/N-ethyl adjacent to an activating group) is 1. The van der Waals surface area contributed by atoms with Gasteiger partial charge in [-0.15, -0.1) is 0 Å². The number of hydrogen-bond acceptors (Lipinski definition) is 4. The molecule has 0 saturated carbocycles. The molecule has 0 aromatic heterocycles. The number of carbonyl (C=O) groups is 1. The molecule has 0 bridgehead atoms. The van der Waals surface area contributed by atoms with E-state index in [0.29, 0.717) is 23.9 Å². The highest BCUT2D eigenvalue weighted by molar-refractivity contribution is 6.33. The summed E-state index contributed by atoms with van der Waals surface area (Å²) in [7, 11) is 3.42. The topological polar surface area (TPSA) is 59.0 Å². The molecule has 1 N–H and O–H groups in total. The molecule has 0 spiro atoms. The summed E-state index contributed by atoms with van der Waals surface area (Å²) in [5, 5.41) is 9.55. The first-order chi connectivity index (χ1) is 14.9. The lowest BCUT2D eigenvalue weighted by Gasteiger charge is -2.18. The van der Waals surface area contributed by atoms with E-state index in [9.17, 15) is 4.79 Å². The Bertz CT molecular complexity index is 1070. The van der Waals surface area contributed by atoms with E-state index in [4.69, 9.17) is 26.2 Å². The SMILES string of the molecule is COc1ccc(-c2ccc(OCCN(C)CC(=O)O)c(-c3ccccc3Cl)c2)cc1C. The van der Waals surface area contributed by atoms with Crippen LogP contribution in [0.3, 0.4) is 0 Å². The second-order valence-electron chi connectivity index (χ2n) is 7.36. The fourth-order valence-electron chi connectivity index (χ4n) is 3.40. The van der Waals surface area contributed by atoms with Gasteiger partial charge < -0.3 is 14.6 Å². The van der Waals surface area contributed by atoms with Crippen LogP contribution in [0.25, 0.3) is 22.3 Å². The standard InChI is InChI=1S/C25H26ClNO4/c1-17-14-18(8-10-23(17)30-3)19-9-11-24(31-13-12-27(2)16-25(28)29)21(15-19)20-6-4-5-7-22(20)26/h4-11,14-15H,12-13,16H2,1-3H3,(H,28,29). The average Bonchev–Trinajstić information content (AvgIpc) is 2.74. The zero-order valence-corrected chi connectivity index (χ0v) is 18.6. The van der Waals surface area contributed by atoms with Crippen molar-refractivity contribution in [3.05, 3.63) is 71.2 Å². The first kappa shape index (κ1) is 22.7. The first-order valence-corrected chi connectivity index (χ1v) is 10.3. The van der Waals surface area contributed by atoms with Gasteiger partial charge in [-0.1, -0.05) is 41.9 Å². The zero-order valence-electron chi connectivity index (χ0n) is 17.9. The van der Waals surface area contributed by atoms with Crippen LogP contribution in [-0.4, -0.2) is 49.8 Å². The lowest BCUT2D eigenvalue weighted by Crippen LogP contribution is -2.29. The summed E-state index contributed by atoms with van der Waals surface area (Å²) >= 11 is 6.49. The van der Waals surface area contributed by atoms with Crippen molar-refractivity contribution in [2.75, 3.05) is 33.9 Å². The molecule has 0 aliphatic heterocycles. The van der Waals surface area contributed by atoms with Crippen molar-refractivity contribution in [3.8, 4) is 33.8 Å². The molecule has 3 rings (SSSR count). The summed E-state index contributed by atoms with van der Waals surface area (Å²) in [6.07, 6.45) is 0. The van der Waals surface area contributed by atoms with E-state index < -0.39 is 5.97 Å². The molecule has 0 saturated heterocycles. The highest BCUT2D eigenvalue weighted by atomic mass is 35.5. The van der Waals surface area contributed by atoms with Crippen LogP contribution in [0.4, 0.5) is 0 Å². The van der Waals surface area contributed by atoms with Crippen LogP contribution < -0.4 is 9.47 Å². The van der Waals surface area contributed by atoms with Gasteiger partial charge in [0.15, 0.2) is 0 Å². The van der Waals surface area contributed by atoms with Crippen LogP contribution in [0, 0.1) is 6.92 Å². The minimum Gasteiger partial charge on any atom is -0.496 e. The summed E-state index contributed by atoms with van der Waals surface area (Å²) < 4.78 is 11.4. The quantitative estimate of drug-likeness (QED) is 0.484. The number of aliphatic carboxylic acids is 1. The van der Waals surface area contributed by atoms with Crippen molar-refractivity contribution in [2.45, 2.75) is 6.92 Å². The molecule has 162 valence electrons. The van der Waals surface area contributed by atoms with Gasteiger partial charge in [0.05, 0.1) is 13.7 Å². The molecular formula is C25H26ClNO4. The molecule has 6 heteroatoms. The Morgan fingerprint density at radius 3 is 2.32 bits per heavy atom. The molecule has 0 aliphatic carbocycles. The highest BCUT2D eigenvalue weighted by Gasteiger charge is 2.13. The lowest BCUT2D eigenvalue weighted by atomic mass is 9.97. The van der Waals surface area contributed by atoms with E-state index in [1.54, 1.807) is 19.1 Å². The number of nitrogens with zero attached hydrogens (tertiary/aromatic N) is 1. The van der Waals surface area contributed by atoms with Crippen molar-refractivity contribution in [2.24, 2.45) is 0 Å². The Morgan fingerprint density at radius 1 is 1.00 bits per heavy atom. The average molecular weight is 440 g/mol. The molecule has 0 amide bonds. The van der Waals surface area contributed by atoms with E-state index in [-0.39, 0.29) is 6.54 Å². The molecule has 5 nitrogen and oxygen atoms in total. The zero-order chi connectivity index (χ0) is 22.4. The molecular weight excluding hydrogens is 414 g/mol. The van der Waals surface area contributed by atoms with Crippen LogP contribution in [-0.2, 0) is 4.79 Å². The number of ether oxygens (including phenoxy) is 2. The Labute approximate surface area is 187 Å². The first-order valence-electron chi connectivity index (χ1n) is 9.96. The van der Waals surface area contributed by atoms with Crippen LogP contribution in [0.1, 0.15) is 5.56 Å². The van der Waals surface area contributed by atoms with Crippen molar-refractivity contribution < 1.29 is 19.4 Å². The summed E-state index contributed by atoms with van der Waals surface area (Å²) in [5.74, 6) is 0.685. The van der Waals surface area contributed by atoms with Gasteiger partial charge in [-0.2, -0.15) is 0 Å². The maximum atomic E-state index is 10.9. The van der Waals surface area contributed by atoms with Gasteiger partial charge in [0, 0.05) is 22.7 Å². The summed E-state index contributed by atoms with van der Waals surface area (Å²) in [4.78, 5) is 12.6. The Morgan fingerprint density at radius 2 is 1.68 bits per heavy atom. The molecule has 0 aliphatic rings. The molecule has 0 fully saturated rings. The van der Waals surface area contributed by atoms with Gasteiger partial charge >= 0.3 is 5.97 Å². The van der Waals surface area contributed by atoms with Crippen LogP contribution in [0.5, 0.6) is 11.5 Å². The largest absolute Gasteiger partial charge is 0.496 e. The fraction of sp³-hybridized carbons (Fsp3) is 0.240. The molecule has 0 unspecified atom stereocenters. The molecule has 0 radical (unpaired) electrons. The molecule has 3 aromatic carbocycles. The van der Waals surface area contributed by atoms with Crippen LogP contribution >= 0.6 is 11.6 Å². The highest BCUT2D eigenvalue weighted by Crippen LogP contribution is 2.38. The second-order valence-corrected chi connectivity index (χ2v) is 7.76.